The number of carbonyl (C=O) groups excluding carboxylic acids is 1. The summed E-state index contributed by atoms with van der Waals surface area (Å²) < 4.78 is 0. The van der Waals surface area contributed by atoms with Gasteiger partial charge in [0, 0.05) is 24.2 Å². The molecule has 1 heterocycles. The average Bonchev–Trinajstić information content (AvgIpc) is 2.80. The molecule has 6 nitrogen and oxygen atoms in total. The summed E-state index contributed by atoms with van der Waals surface area (Å²) in [5, 5.41) is 4.33. The second-order valence-corrected chi connectivity index (χ2v) is 8.16. The highest BCUT2D eigenvalue weighted by Crippen LogP contribution is 2.21. The van der Waals surface area contributed by atoms with Gasteiger partial charge in [-0.1, -0.05) is 50.6 Å². The van der Waals surface area contributed by atoms with Crippen molar-refractivity contribution in [3.63, 3.8) is 0 Å². The van der Waals surface area contributed by atoms with Gasteiger partial charge >= 0.3 is 6.03 Å². The van der Waals surface area contributed by atoms with Gasteiger partial charge < -0.3 is 20.1 Å². The summed E-state index contributed by atoms with van der Waals surface area (Å²) in [5.74, 6) is 0. The number of aromatic amines is 1. The lowest BCUT2D eigenvalue weighted by Gasteiger charge is -2.27. The van der Waals surface area contributed by atoms with E-state index in [0.29, 0.717) is 29.4 Å². The molecule has 0 fully saturated rings. The van der Waals surface area contributed by atoms with Crippen LogP contribution in [0.5, 0.6) is 0 Å². The number of nitrogens with zero attached hydrogens (tertiary/aromatic N) is 2. The Morgan fingerprint density at radius 2 is 1.78 bits per heavy atom. The van der Waals surface area contributed by atoms with Crippen LogP contribution < -0.4 is 10.9 Å². The Morgan fingerprint density at radius 1 is 1.03 bits per heavy atom. The molecular formula is C25H31ClN4O2. The van der Waals surface area contributed by atoms with Crippen molar-refractivity contribution in [3.05, 3.63) is 75.0 Å². The highest BCUT2D eigenvalue weighted by Gasteiger charge is 2.18. The monoisotopic (exact) mass is 454 g/mol. The van der Waals surface area contributed by atoms with Gasteiger partial charge in [-0.05, 0) is 60.8 Å². The van der Waals surface area contributed by atoms with E-state index in [2.05, 4.69) is 42.0 Å². The second kappa shape index (κ2) is 11.2. The molecule has 0 saturated heterocycles. The number of halogens is 1. The van der Waals surface area contributed by atoms with E-state index in [4.69, 9.17) is 11.6 Å². The van der Waals surface area contributed by atoms with Crippen LogP contribution in [0.25, 0.3) is 10.9 Å². The highest BCUT2D eigenvalue weighted by atomic mass is 35.5. The average molecular weight is 455 g/mol. The van der Waals surface area contributed by atoms with Gasteiger partial charge in [-0.15, -0.1) is 0 Å². The Balaban J connectivity index is 1.88. The van der Waals surface area contributed by atoms with Crippen LogP contribution in [0.1, 0.15) is 31.9 Å². The number of fused-ring (bicyclic) bond motifs is 1. The van der Waals surface area contributed by atoms with E-state index in [0.717, 1.165) is 30.4 Å². The topological polar surface area (TPSA) is 68.4 Å². The summed E-state index contributed by atoms with van der Waals surface area (Å²) in [7, 11) is 0. The Morgan fingerprint density at radius 3 is 2.47 bits per heavy atom. The van der Waals surface area contributed by atoms with E-state index in [1.54, 1.807) is 17.0 Å². The number of nitrogens with one attached hydrogen (secondary N) is 2. The molecule has 170 valence electrons. The standard InChI is InChI=1S/C25H31ClN4O2/c1-4-18-11-12-22-19(15-18)16-20(24(31)27-22)17-30(14-13-29(5-2)6-3)25(32)28-23-10-8-7-9-21(23)26/h7-12,15-16H,4-6,13-14,17H2,1-3H3,(H,27,31)(H,28,32). The fourth-order valence-corrected chi connectivity index (χ4v) is 3.84. The van der Waals surface area contributed by atoms with Gasteiger partial charge in [0.15, 0.2) is 0 Å². The molecule has 32 heavy (non-hydrogen) atoms. The zero-order valence-corrected chi connectivity index (χ0v) is 19.7. The molecule has 3 aromatic rings. The van der Waals surface area contributed by atoms with Crippen LogP contribution in [0, 0.1) is 0 Å². The summed E-state index contributed by atoms with van der Waals surface area (Å²) in [6, 6.07) is 14.8. The molecule has 2 aromatic carbocycles. The highest BCUT2D eigenvalue weighted by molar-refractivity contribution is 6.33. The minimum absolute atomic E-state index is 0.180. The van der Waals surface area contributed by atoms with E-state index in [9.17, 15) is 9.59 Å². The molecule has 2 amide bonds. The number of benzene rings is 2. The minimum Gasteiger partial charge on any atom is -0.322 e. The zero-order chi connectivity index (χ0) is 23.1. The number of aromatic nitrogens is 1. The first-order valence-corrected chi connectivity index (χ1v) is 11.5. The largest absolute Gasteiger partial charge is 0.322 e. The van der Waals surface area contributed by atoms with Crippen molar-refractivity contribution in [1.29, 1.82) is 0 Å². The number of pyridine rings is 1. The van der Waals surface area contributed by atoms with Gasteiger partial charge in [-0.2, -0.15) is 0 Å². The van der Waals surface area contributed by atoms with Crippen LogP contribution in [0.15, 0.2) is 53.3 Å². The first-order valence-electron chi connectivity index (χ1n) is 11.1. The molecule has 1 aromatic heterocycles. The van der Waals surface area contributed by atoms with Crippen LogP contribution in [0.4, 0.5) is 10.5 Å². The van der Waals surface area contributed by atoms with Gasteiger partial charge in [-0.25, -0.2) is 4.79 Å². The number of rotatable bonds is 9. The number of urea groups is 1. The SMILES string of the molecule is CCc1ccc2[nH]c(=O)c(CN(CCN(CC)CC)C(=O)Nc3ccccc3Cl)cc2c1. The molecule has 7 heteroatoms. The summed E-state index contributed by atoms with van der Waals surface area (Å²) in [6.45, 7) is 9.49. The summed E-state index contributed by atoms with van der Waals surface area (Å²) in [6.07, 6.45) is 0.917. The van der Waals surface area contributed by atoms with Gasteiger partial charge in [0.25, 0.3) is 5.56 Å². The minimum atomic E-state index is -0.285. The number of carbonyl (C=O) groups is 1. The second-order valence-electron chi connectivity index (χ2n) is 7.76. The van der Waals surface area contributed by atoms with Crippen LogP contribution >= 0.6 is 11.6 Å². The van der Waals surface area contributed by atoms with Crippen molar-refractivity contribution in [2.75, 3.05) is 31.5 Å². The normalized spacial score (nSPS) is 11.2. The third kappa shape index (κ3) is 5.90. The van der Waals surface area contributed by atoms with Crippen molar-refractivity contribution in [2.24, 2.45) is 0 Å². The maximum atomic E-state index is 13.2. The van der Waals surface area contributed by atoms with Crippen molar-refractivity contribution in [1.82, 2.24) is 14.8 Å². The van der Waals surface area contributed by atoms with Crippen LogP contribution in [-0.4, -0.2) is 47.0 Å². The quantitative estimate of drug-likeness (QED) is 0.471. The number of hydrogen-bond donors (Lipinski definition) is 2. The molecule has 0 atom stereocenters. The fourth-order valence-electron chi connectivity index (χ4n) is 3.66. The first-order chi connectivity index (χ1) is 15.4. The Labute approximate surface area is 194 Å². The molecule has 2 N–H and O–H groups in total. The maximum Gasteiger partial charge on any atom is 0.322 e. The molecule has 0 aliphatic heterocycles. The van der Waals surface area contributed by atoms with Gasteiger partial charge in [-0.3, -0.25) is 4.79 Å². The Kier molecular flexibility index (Phi) is 8.31. The molecular weight excluding hydrogens is 424 g/mol. The lowest BCUT2D eigenvalue weighted by Crippen LogP contribution is -2.41. The smallest absolute Gasteiger partial charge is 0.322 e. The molecule has 0 aliphatic carbocycles. The number of aryl methyl sites for hydroxylation is 1. The molecule has 0 radical (unpaired) electrons. The third-order valence-electron chi connectivity index (χ3n) is 5.74. The fraction of sp³-hybridized carbons (Fsp3) is 0.360. The number of para-hydroxylation sites is 1. The molecule has 3 rings (SSSR count). The molecule has 0 saturated carbocycles. The molecule has 0 unspecified atom stereocenters. The summed E-state index contributed by atoms with van der Waals surface area (Å²) in [4.78, 5) is 32.8. The predicted molar refractivity (Wildman–Crippen MR) is 133 cm³/mol. The predicted octanol–water partition coefficient (Wildman–Crippen LogP) is 5.12. The Bertz CT molecular complexity index is 1120. The maximum absolute atomic E-state index is 13.2. The lowest BCUT2D eigenvalue weighted by atomic mass is 10.1. The van der Waals surface area contributed by atoms with Crippen molar-refractivity contribution >= 4 is 34.2 Å². The van der Waals surface area contributed by atoms with Gasteiger partial charge in [0.1, 0.15) is 0 Å². The number of anilines is 1. The Hall–Kier alpha value is -2.83. The van der Waals surface area contributed by atoms with Crippen LogP contribution in [-0.2, 0) is 13.0 Å². The number of amides is 2. The first kappa shape index (κ1) is 23.8. The molecule has 0 bridgehead atoms. The van der Waals surface area contributed by atoms with E-state index in [-0.39, 0.29) is 18.1 Å². The third-order valence-corrected chi connectivity index (χ3v) is 6.07. The number of likely N-dealkylation sites (N-methyl/N-ethyl adjacent to an activating group) is 1. The van der Waals surface area contributed by atoms with Crippen molar-refractivity contribution < 1.29 is 4.79 Å². The van der Waals surface area contributed by atoms with Crippen LogP contribution in [0.2, 0.25) is 5.02 Å². The van der Waals surface area contributed by atoms with Crippen molar-refractivity contribution in [2.45, 2.75) is 33.7 Å². The van der Waals surface area contributed by atoms with E-state index in [1.807, 2.05) is 30.3 Å². The lowest BCUT2D eigenvalue weighted by molar-refractivity contribution is 0.194. The van der Waals surface area contributed by atoms with E-state index < -0.39 is 0 Å². The van der Waals surface area contributed by atoms with Crippen molar-refractivity contribution in [3.8, 4) is 0 Å². The van der Waals surface area contributed by atoms with Gasteiger partial charge in [0.2, 0.25) is 0 Å². The number of hydrogen-bond acceptors (Lipinski definition) is 3. The van der Waals surface area contributed by atoms with E-state index >= 15 is 0 Å². The summed E-state index contributed by atoms with van der Waals surface area (Å²) in [5.41, 5.74) is 2.92. The number of H-pyrrole nitrogens is 1. The summed E-state index contributed by atoms with van der Waals surface area (Å²) >= 11 is 6.23. The van der Waals surface area contributed by atoms with Gasteiger partial charge in [0.05, 0.1) is 17.3 Å². The molecule has 0 aliphatic rings. The molecule has 0 spiro atoms. The van der Waals surface area contributed by atoms with E-state index in [1.165, 1.54) is 5.56 Å². The zero-order valence-electron chi connectivity index (χ0n) is 19.0. The van der Waals surface area contributed by atoms with Crippen LogP contribution in [0.3, 0.4) is 0 Å².